The summed E-state index contributed by atoms with van der Waals surface area (Å²) in [5.41, 5.74) is 1.76. The highest BCUT2D eigenvalue weighted by Crippen LogP contribution is 2.19. The number of anilines is 1. The Labute approximate surface area is 158 Å². The highest BCUT2D eigenvalue weighted by molar-refractivity contribution is 9.10. The SMILES string of the molecule is CCC(C(=O)Nc1cccc(Cn2cc(Cl)cn2)c1)n1cc(Br)cn1. The summed E-state index contributed by atoms with van der Waals surface area (Å²) in [6.07, 6.45) is 7.47. The Bertz CT molecular complexity index is 875. The van der Waals surface area contributed by atoms with Crippen LogP contribution in [-0.4, -0.2) is 25.5 Å². The topological polar surface area (TPSA) is 64.7 Å². The summed E-state index contributed by atoms with van der Waals surface area (Å²) in [5, 5.41) is 11.9. The fourth-order valence-corrected chi connectivity index (χ4v) is 3.02. The number of aromatic nitrogens is 4. The van der Waals surface area contributed by atoms with Crippen LogP contribution in [0.2, 0.25) is 5.02 Å². The molecule has 0 aliphatic carbocycles. The van der Waals surface area contributed by atoms with Crippen molar-refractivity contribution < 1.29 is 4.79 Å². The second-order valence-electron chi connectivity index (χ2n) is 5.61. The van der Waals surface area contributed by atoms with E-state index in [2.05, 4.69) is 31.4 Å². The summed E-state index contributed by atoms with van der Waals surface area (Å²) in [5.74, 6) is -0.0996. The molecule has 0 radical (unpaired) electrons. The van der Waals surface area contributed by atoms with Gasteiger partial charge >= 0.3 is 0 Å². The quantitative estimate of drug-likeness (QED) is 0.649. The summed E-state index contributed by atoms with van der Waals surface area (Å²) >= 11 is 9.24. The van der Waals surface area contributed by atoms with Gasteiger partial charge in [0.05, 0.1) is 28.4 Å². The molecule has 1 amide bonds. The zero-order valence-corrected chi connectivity index (χ0v) is 15.9. The van der Waals surface area contributed by atoms with Crippen LogP contribution in [0.3, 0.4) is 0 Å². The summed E-state index contributed by atoms with van der Waals surface area (Å²) in [7, 11) is 0. The highest BCUT2D eigenvalue weighted by atomic mass is 79.9. The van der Waals surface area contributed by atoms with Gasteiger partial charge in [0.25, 0.3) is 0 Å². The van der Waals surface area contributed by atoms with Gasteiger partial charge < -0.3 is 5.32 Å². The van der Waals surface area contributed by atoms with Gasteiger partial charge in [0.15, 0.2) is 0 Å². The fraction of sp³-hybridized carbons (Fsp3) is 0.235. The van der Waals surface area contributed by atoms with Crippen molar-refractivity contribution in [3.63, 3.8) is 0 Å². The summed E-state index contributed by atoms with van der Waals surface area (Å²) in [6.45, 7) is 2.54. The van der Waals surface area contributed by atoms with E-state index in [0.29, 0.717) is 18.0 Å². The van der Waals surface area contributed by atoms with Gasteiger partial charge in [-0.15, -0.1) is 0 Å². The Morgan fingerprint density at radius 3 is 2.80 bits per heavy atom. The van der Waals surface area contributed by atoms with E-state index in [9.17, 15) is 4.79 Å². The molecule has 0 spiro atoms. The van der Waals surface area contributed by atoms with E-state index < -0.39 is 0 Å². The number of carbonyl (C=O) groups is 1. The predicted molar refractivity (Wildman–Crippen MR) is 101 cm³/mol. The molecule has 25 heavy (non-hydrogen) atoms. The Morgan fingerprint density at radius 2 is 2.16 bits per heavy atom. The largest absolute Gasteiger partial charge is 0.324 e. The maximum absolute atomic E-state index is 12.6. The standard InChI is InChI=1S/C17H17BrClN5O/c1-2-16(24-10-13(18)7-21-24)17(25)22-15-5-3-4-12(6-15)9-23-11-14(19)8-20-23/h3-8,10-11,16H,2,9H2,1H3,(H,22,25). The van der Waals surface area contributed by atoms with Gasteiger partial charge in [-0.05, 0) is 40.0 Å². The van der Waals surface area contributed by atoms with Gasteiger partial charge in [0, 0.05) is 18.1 Å². The average Bonchev–Trinajstić information content (AvgIpc) is 3.17. The molecule has 130 valence electrons. The van der Waals surface area contributed by atoms with E-state index in [1.165, 1.54) is 0 Å². The monoisotopic (exact) mass is 421 g/mol. The lowest BCUT2D eigenvalue weighted by Gasteiger charge is -2.16. The molecule has 0 aliphatic heterocycles. The van der Waals surface area contributed by atoms with Crippen LogP contribution in [0, 0.1) is 0 Å². The summed E-state index contributed by atoms with van der Waals surface area (Å²) < 4.78 is 4.26. The molecule has 3 rings (SSSR count). The van der Waals surface area contributed by atoms with Crippen molar-refractivity contribution in [2.24, 2.45) is 0 Å². The van der Waals surface area contributed by atoms with Crippen LogP contribution in [0.1, 0.15) is 24.9 Å². The number of amides is 1. The molecule has 0 fully saturated rings. The zero-order valence-electron chi connectivity index (χ0n) is 13.6. The smallest absolute Gasteiger partial charge is 0.249 e. The summed E-state index contributed by atoms with van der Waals surface area (Å²) in [6, 6.07) is 7.32. The molecule has 2 aromatic heterocycles. The van der Waals surface area contributed by atoms with E-state index >= 15 is 0 Å². The average molecular weight is 423 g/mol. The Balaban J connectivity index is 1.71. The van der Waals surface area contributed by atoms with Crippen molar-refractivity contribution in [2.75, 3.05) is 5.32 Å². The van der Waals surface area contributed by atoms with Gasteiger partial charge in [-0.2, -0.15) is 10.2 Å². The molecule has 0 aliphatic rings. The number of nitrogens with one attached hydrogen (secondary N) is 1. The lowest BCUT2D eigenvalue weighted by atomic mass is 10.1. The van der Waals surface area contributed by atoms with Gasteiger partial charge in [0.2, 0.25) is 5.91 Å². The van der Waals surface area contributed by atoms with Crippen LogP contribution in [0.5, 0.6) is 0 Å². The number of benzene rings is 1. The number of rotatable bonds is 6. The molecule has 1 atom stereocenters. The van der Waals surface area contributed by atoms with Crippen molar-refractivity contribution in [3.05, 3.63) is 64.1 Å². The first-order valence-corrected chi connectivity index (χ1v) is 8.99. The first kappa shape index (κ1) is 17.7. The fourth-order valence-electron chi connectivity index (χ4n) is 2.56. The molecular weight excluding hydrogens is 406 g/mol. The third-order valence-corrected chi connectivity index (χ3v) is 4.32. The molecule has 8 heteroatoms. The van der Waals surface area contributed by atoms with Crippen molar-refractivity contribution in [2.45, 2.75) is 25.9 Å². The van der Waals surface area contributed by atoms with Crippen molar-refractivity contribution in [1.29, 1.82) is 0 Å². The van der Waals surface area contributed by atoms with Crippen LogP contribution in [-0.2, 0) is 11.3 Å². The third-order valence-electron chi connectivity index (χ3n) is 3.72. The van der Waals surface area contributed by atoms with Crippen LogP contribution in [0.25, 0.3) is 0 Å². The Kier molecular flexibility index (Phi) is 5.55. The molecule has 2 heterocycles. The predicted octanol–water partition coefficient (Wildman–Crippen LogP) is 4.13. The third kappa shape index (κ3) is 4.49. The molecule has 1 aromatic carbocycles. The van der Waals surface area contributed by atoms with E-state index in [1.807, 2.05) is 31.2 Å². The number of nitrogens with zero attached hydrogens (tertiary/aromatic N) is 4. The number of hydrogen-bond acceptors (Lipinski definition) is 3. The molecule has 0 saturated carbocycles. The van der Waals surface area contributed by atoms with Crippen LogP contribution in [0.15, 0.2) is 53.5 Å². The maximum Gasteiger partial charge on any atom is 0.249 e. The molecule has 0 bridgehead atoms. The lowest BCUT2D eigenvalue weighted by molar-refractivity contribution is -0.119. The van der Waals surface area contributed by atoms with Crippen LogP contribution in [0.4, 0.5) is 5.69 Å². The van der Waals surface area contributed by atoms with Gasteiger partial charge in [-0.25, -0.2) is 0 Å². The molecule has 1 N–H and O–H groups in total. The van der Waals surface area contributed by atoms with Crippen molar-refractivity contribution in [3.8, 4) is 0 Å². The number of halogens is 2. The normalized spacial score (nSPS) is 12.1. The highest BCUT2D eigenvalue weighted by Gasteiger charge is 2.19. The Hall–Kier alpha value is -2.12. The number of carbonyl (C=O) groups excluding carboxylic acids is 1. The molecule has 6 nitrogen and oxygen atoms in total. The van der Waals surface area contributed by atoms with Crippen molar-refractivity contribution >= 4 is 39.1 Å². The van der Waals surface area contributed by atoms with E-state index in [1.54, 1.807) is 34.2 Å². The molecule has 1 unspecified atom stereocenters. The van der Waals surface area contributed by atoms with Crippen LogP contribution >= 0.6 is 27.5 Å². The van der Waals surface area contributed by atoms with Gasteiger partial charge in [0.1, 0.15) is 6.04 Å². The maximum atomic E-state index is 12.6. The van der Waals surface area contributed by atoms with Crippen molar-refractivity contribution in [1.82, 2.24) is 19.6 Å². The van der Waals surface area contributed by atoms with Gasteiger partial charge in [-0.3, -0.25) is 14.2 Å². The number of hydrogen-bond donors (Lipinski definition) is 1. The first-order chi connectivity index (χ1) is 12.0. The molecule has 3 aromatic rings. The summed E-state index contributed by atoms with van der Waals surface area (Å²) in [4.78, 5) is 12.6. The minimum Gasteiger partial charge on any atom is -0.324 e. The van der Waals surface area contributed by atoms with Crippen LogP contribution < -0.4 is 5.32 Å². The Morgan fingerprint density at radius 1 is 1.32 bits per heavy atom. The lowest BCUT2D eigenvalue weighted by Crippen LogP contribution is -2.26. The minimum absolute atomic E-state index is 0.0996. The zero-order chi connectivity index (χ0) is 17.8. The molecule has 0 saturated heterocycles. The minimum atomic E-state index is -0.361. The second-order valence-corrected chi connectivity index (χ2v) is 6.96. The molecular formula is C17H17BrClN5O. The van der Waals surface area contributed by atoms with E-state index in [0.717, 1.165) is 15.7 Å². The van der Waals surface area contributed by atoms with Gasteiger partial charge in [-0.1, -0.05) is 30.7 Å². The van der Waals surface area contributed by atoms with E-state index in [-0.39, 0.29) is 11.9 Å². The second kappa shape index (κ2) is 7.84. The first-order valence-electron chi connectivity index (χ1n) is 7.82. The van der Waals surface area contributed by atoms with E-state index in [4.69, 9.17) is 11.6 Å².